The first-order chi connectivity index (χ1) is 10.7. The fourth-order valence-electron chi connectivity index (χ4n) is 1.96. The smallest absolute Gasteiger partial charge is 0.332 e. The summed E-state index contributed by atoms with van der Waals surface area (Å²) < 4.78 is 51.7. The zero-order chi connectivity index (χ0) is 17.2. The van der Waals surface area contributed by atoms with E-state index < -0.39 is 17.6 Å². The molecule has 0 bridgehead atoms. The van der Waals surface area contributed by atoms with Crippen LogP contribution >= 0.6 is 12.2 Å². The molecule has 0 saturated heterocycles. The number of halogens is 4. The second-order valence-electron chi connectivity index (χ2n) is 5.02. The van der Waals surface area contributed by atoms with Gasteiger partial charge in [0.1, 0.15) is 5.82 Å². The molecule has 0 amide bonds. The van der Waals surface area contributed by atoms with Crippen LogP contribution in [0.1, 0.15) is 16.7 Å². The maximum Gasteiger partial charge on any atom is 0.416 e. The zero-order valence-electron chi connectivity index (χ0n) is 12.4. The van der Waals surface area contributed by atoms with Gasteiger partial charge in [-0.3, -0.25) is 0 Å². The Labute approximate surface area is 136 Å². The lowest BCUT2D eigenvalue weighted by Crippen LogP contribution is -2.21. The molecule has 0 atom stereocenters. The van der Waals surface area contributed by atoms with Gasteiger partial charge in [0.25, 0.3) is 0 Å². The number of aryl methyl sites for hydroxylation is 1. The van der Waals surface area contributed by atoms with Crippen molar-refractivity contribution in [2.45, 2.75) is 20.0 Å². The van der Waals surface area contributed by atoms with Gasteiger partial charge in [-0.15, -0.1) is 0 Å². The average Bonchev–Trinajstić information content (AvgIpc) is 2.45. The molecule has 0 saturated carbocycles. The Hall–Kier alpha value is -2.15. The van der Waals surface area contributed by atoms with E-state index in [4.69, 9.17) is 12.2 Å². The highest BCUT2D eigenvalue weighted by atomic mass is 32.1. The zero-order valence-corrected chi connectivity index (χ0v) is 13.2. The molecule has 2 aromatic rings. The van der Waals surface area contributed by atoms with Gasteiger partial charge in [0.05, 0.1) is 11.3 Å². The third kappa shape index (κ3) is 4.19. The number of nitrogens with one attached hydrogen (secondary N) is 2. The van der Waals surface area contributed by atoms with Gasteiger partial charge in [0.15, 0.2) is 5.11 Å². The fourth-order valence-corrected chi connectivity index (χ4v) is 2.18. The summed E-state index contributed by atoms with van der Waals surface area (Å²) in [6, 6.07) is 7.64. The van der Waals surface area contributed by atoms with Crippen molar-refractivity contribution in [3.63, 3.8) is 0 Å². The van der Waals surface area contributed by atoms with E-state index in [1.807, 2.05) is 26.0 Å². The van der Waals surface area contributed by atoms with E-state index in [0.717, 1.165) is 17.2 Å². The summed E-state index contributed by atoms with van der Waals surface area (Å²) in [4.78, 5) is 0. The van der Waals surface area contributed by atoms with Crippen LogP contribution < -0.4 is 10.6 Å². The van der Waals surface area contributed by atoms with Crippen LogP contribution in [0.4, 0.5) is 28.9 Å². The fraction of sp³-hybridized carbons (Fsp3) is 0.188. The number of thiocarbonyl (C=S) groups is 1. The molecule has 0 radical (unpaired) electrons. The van der Waals surface area contributed by atoms with Gasteiger partial charge in [-0.05, 0) is 61.5 Å². The summed E-state index contributed by atoms with van der Waals surface area (Å²) in [5.74, 6) is -0.817. The Kier molecular flexibility index (Phi) is 4.89. The second-order valence-corrected chi connectivity index (χ2v) is 5.43. The van der Waals surface area contributed by atoms with Crippen molar-refractivity contribution in [2.75, 3.05) is 10.6 Å². The van der Waals surface area contributed by atoms with Crippen LogP contribution in [0.5, 0.6) is 0 Å². The van der Waals surface area contributed by atoms with Gasteiger partial charge in [0, 0.05) is 5.69 Å². The summed E-state index contributed by atoms with van der Waals surface area (Å²) in [5, 5.41) is 5.33. The standard InChI is InChI=1S/C16H14F4N2S/c1-9-4-3-5-13(10(9)2)21-15(23)22-14-8-11(16(18,19)20)6-7-12(14)17/h3-8H,1-2H3,(H2,21,22,23). The largest absolute Gasteiger partial charge is 0.416 e. The van der Waals surface area contributed by atoms with E-state index in [1.165, 1.54) is 0 Å². The summed E-state index contributed by atoms with van der Waals surface area (Å²) in [5.41, 5.74) is 1.40. The molecule has 7 heteroatoms. The van der Waals surface area contributed by atoms with E-state index in [2.05, 4.69) is 10.6 Å². The molecule has 23 heavy (non-hydrogen) atoms. The predicted molar refractivity (Wildman–Crippen MR) is 87.2 cm³/mol. The van der Waals surface area contributed by atoms with E-state index in [0.29, 0.717) is 17.8 Å². The van der Waals surface area contributed by atoms with Crippen LogP contribution in [0.15, 0.2) is 36.4 Å². The summed E-state index contributed by atoms with van der Waals surface area (Å²) >= 11 is 5.05. The monoisotopic (exact) mass is 342 g/mol. The minimum Gasteiger partial charge on any atom is -0.332 e. The van der Waals surface area contributed by atoms with Crippen LogP contribution in [-0.2, 0) is 6.18 Å². The highest BCUT2D eigenvalue weighted by molar-refractivity contribution is 7.80. The Balaban J connectivity index is 2.19. The van der Waals surface area contributed by atoms with Crippen LogP contribution in [0.2, 0.25) is 0 Å². The molecular weight excluding hydrogens is 328 g/mol. The van der Waals surface area contributed by atoms with Crippen LogP contribution in [0, 0.1) is 19.7 Å². The highest BCUT2D eigenvalue weighted by Gasteiger charge is 2.31. The first kappa shape index (κ1) is 17.2. The van der Waals surface area contributed by atoms with Crippen molar-refractivity contribution in [3.05, 3.63) is 58.9 Å². The molecule has 0 aliphatic heterocycles. The van der Waals surface area contributed by atoms with Crippen molar-refractivity contribution >= 4 is 28.7 Å². The van der Waals surface area contributed by atoms with Crippen molar-refractivity contribution in [3.8, 4) is 0 Å². The molecule has 0 fully saturated rings. The molecule has 0 heterocycles. The Morgan fingerprint density at radius 2 is 1.65 bits per heavy atom. The number of alkyl halides is 3. The molecule has 0 aliphatic rings. The Bertz CT molecular complexity index is 741. The van der Waals surface area contributed by atoms with Crippen molar-refractivity contribution in [1.82, 2.24) is 0 Å². The highest BCUT2D eigenvalue weighted by Crippen LogP contribution is 2.31. The summed E-state index contributed by atoms with van der Waals surface area (Å²) in [6.07, 6.45) is -4.55. The van der Waals surface area contributed by atoms with E-state index >= 15 is 0 Å². The van der Waals surface area contributed by atoms with Crippen LogP contribution in [-0.4, -0.2) is 5.11 Å². The van der Waals surface area contributed by atoms with E-state index in [9.17, 15) is 17.6 Å². The predicted octanol–water partition coefficient (Wildman–Crippen LogP) is 5.27. The number of hydrogen-bond donors (Lipinski definition) is 2. The minimum atomic E-state index is -4.55. The molecule has 0 aliphatic carbocycles. The number of benzene rings is 2. The molecular formula is C16H14F4N2S. The van der Waals surface area contributed by atoms with Crippen LogP contribution in [0.3, 0.4) is 0 Å². The lowest BCUT2D eigenvalue weighted by atomic mass is 10.1. The second kappa shape index (κ2) is 6.54. The quantitative estimate of drug-likeness (QED) is 0.574. The number of anilines is 2. The number of rotatable bonds is 2. The van der Waals surface area contributed by atoms with Crippen molar-refractivity contribution in [1.29, 1.82) is 0 Å². The van der Waals surface area contributed by atoms with Gasteiger partial charge < -0.3 is 10.6 Å². The maximum atomic E-state index is 13.7. The number of hydrogen-bond acceptors (Lipinski definition) is 1. The normalized spacial score (nSPS) is 11.2. The minimum absolute atomic E-state index is 0.0110. The SMILES string of the molecule is Cc1cccc(NC(=S)Nc2cc(C(F)(F)F)ccc2F)c1C. The van der Waals surface area contributed by atoms with Gasteiger partial charge in [0.2, 0.25) is 0 Å². The maximum absolute atomic E-state index is 13.7. The van der Waals surface area contributed by atoms with E-state index in [1.54, 1.807) is 6.07 Å². The lowest BCUT2D eigenvalue weighted by Gasteiger charge is -2.15. The molecule has 2 nitrogen and oxygen atoms in total. The van der Waals surface area contributed by atoms with Gasteiger partial charge in [-0.25, -0.2) is 4.39 Å². The molecule has 122 valence electrons. The molecule has 0 spiro atoms. The molecule has 2 aromatic carbocycles. The first-order valence-corrected chi connectivity index (χ1v) is 7.10. The summed E-state index contributed by atoms with van der Waals surface area (Å²) in [6.45, 7) is 3.80. The molecule has 2 rings (SSSR count). The van der Waals surface area contributed by atoms with Gasteiger partial charge in [-0.1, -0.05) is 12.1 Å². The van der Waals surface area contributed by atoms with Crippen molar-refractivity contribution < 1.29 is 17.6 Å². The summed E-state index contributed by atoms with van der Waals surface area (Å²) in [7, 11) is 0. The molecule has 0 aromatic heterocycles. The molecule has 2 N–H and O–H groups in total. The van der Waals surface area contributed by atoms with Gasteiger partial charge in [-0.2, -0.15) is 13.2 Å². The average molecular weight is 342 g/mol. The Morgan fingerprint density at radius 1 is 1.00 bits per heavy atom. The Morgan fingerprint density at radius 3 is 2.30 bits per heavy atom. The van der Waals surface area contributed by atoms with Crippen molar-refractivity contribution in [2.24, 2.45) is 0 Å². The first-order valence-electron chi connectivity index (χ1n) is 6.69. The van der Waals surface area contributed by atoms with Gasteiger partial charge >= 0.3 is 6.18 Å². The van der Waals surface area contributed by atoms with Crippen LogP contribution in [0.25, 0.3) is 0 Å². The topological polar surface area (TPSA) is 24.1 Å². The van der Waals surface area contributed by atoms with E-state index in [-0.39, 0.29) is 10.8 Å². The molecule has 0 unspecified atom stereocenters. The third-order valence-corrected chi connectivity index (χ3v) is 3.60. The third-order valence-electron chi connectivity index (χ3n) is 3.39. The lowest BCUT2D eigenvalue weighted by molar-refractivity contribution is -0.137.